The number of aryl methyl sites for hydroxylation is 1. The van der Waals surface area contributed by atoms with Gasteiger partial charge in [-0.25, -0.2) is 0 Å². The molecule has 5 heteroatoms. The molecule has 0 amide bonds. The maximum absolute atomic E-state index is 12.3. The van der Waals surface area contributed by atoms with Crippen molar-refractivity contribution in [3.8, 4) is 0 Å². The summed E-state index contributed by atoms with van der Waals surface area (Å²) in [5.41, 5.74) is 4.86. The number of aromatic nitrogens is 1. The van der Waals surface area contributed by atoms with Crippen LogP contribution in [-0.2, 0) is 12.7 Å². The molecular formula is C8H9F3N2. The van der Waals surface area contributed by atoms with Gasteiger partial charge >= 0.3 is 6.18 Å². The molecule has 0 saturated carbocycles. The van der Waals surface area contributed by atoms with Crippen molar-refractivity contribution in [2.75, 3.05) is 0 Å². The third kappa shape index (κ3) is 2.18. The lowest BCUT2D eigenvalue weighted by atomic mass is 10.1. The van der Waals surface area contributed by atoms with E-state index in [4.69, 9.17) is 5.73 Å². The molecule has 0 aliphatic carbocycles. The molecule has 1 aromatic rings. The van der Waals surface area contributed by atoms with Crippen molar-refractivity contribution < 1.29 is 13.2 Å². The minimum Gasteiger partial charge on any atom is -0.326 e. The number of rotatable bonds is 1. The molecule has 1 aromatic heterocycles. The van der Waals surface area contributed by atoms with E-state index < -0.39 is 11.7 Å². The van der Waals surface area contributed by atoms with Crippen molar-refractivity contribution in [2.24, 2.45) is 5.73 Å². The fraction of sp³-hybridized carbons (Fsp3) is 0.375. The lowest BCUT2D eigenvalue weighted by Gasteiger charge is -2.10. The molecule has 0 aliphatic rings. The Morgan fingerprint density at radius 2 is 2.08 bits per heavy atom. The molecule has 0 radical (unpaired) electrons. The molecule has 0 aliphatic heterocycles. The summed E-state index contributed by atoms with van der Waals surface area (Å²) in [7, 11) is 0. The van der Waals surface area contributed by atoms with Crippen LogP contribution < -0.4 is 5.73 Å². The highest BCUT2D eigenvalue weighted by Gasteiger charge is 2.33. The maximum Gasteiger partial charge on any atom is 0.418 e. The molecule has 0 atom stereocenters. The van der Waals surface area contributed by atoms with Gasteiger partial charge in [0.25, 0.3) is 0 Å². The van der Waals surface area contributed by atoms with Crippen LogP contribution in [0.1, 0.15) is 16.8 Å². The van der Waals surface area contributed by atoms with Gasteiger partial charge in [0.05, 0.1) is 5.56 Å². The summed E-state index contributed by atoms with van der Waals surface area (Å²) in [4.78, 5) is 3.62. The normalized spacial score (nSPS) is 11.8. The zero-order chi connectivity index (χ0) is 10.1. The van der Waals surface area contributed by atoms with Gasteiger partial charge in [-0.2, -0.15) is 13.2 Å². The summed E-state index contributed by atoms with van der Waals surface area (Å²) in [5, 5.41) is 0. The van der Waals surface area contributed by atoms with Crippen LogP contribution in [0.15, 0.2) is 12.3 Å². The van der Waals surface area contributed by atoms with E-state index in [1.807, 2.05) is 0 Å². The maximum atomic E-state index is 12.3. The van der Waals surface area contributed by atoms with Crippen molar-refractivity contribution in [1.82, 2.24) is 4.98 Å². The Hall–Kier alpha value is -1.10. The second-order valence-corrected chi connectivity index (χ2v) is 2.68. The predicted octanol–water partition coefficient (Wildman–Crippen LogP) is 1.87. The van der Waals surface area contributed by atoms with Gasteiger partial charge in [0.15, 0.2) is 0 Å². The Labute approximate surface area is 73.6 Å². The van der Waals surface area contributed by atoms with Gasteiger partial charge in [0.2, 0.25) is 0 Å². The van der Waals surface area contributed by atoms with E-state index in [0.29, 0.717) is 5.56 Å². The SMILES string of the molecule is Cc1ncc(CN)cc1C(F)(F)F. The minimum absolute atomic E-state index is 0.0234. The van der Waals surface area contributed by atoms with Crippen molar-refractivity contribution in [1.29, 1.82) is 0 Å². The van der Waals surface area contributed by atoms with Gasteiger partial charge in [0.1, 0.15) is 0 Å². The van der Waals surface area contributed by atoms with Gasteiger partial charge in [-0.1, -0.05) is 0 Å². The molecule has 0 saturated heterocycles. The first-order valence-corrected chi connectivity index (χ1v) is 3.68. The van der Waals surface area contributed by atoms with Crippen LogP contribution >= 0.6 is 0 Å². The first-order valence-electron chi connectivity index (χ1n) is 3.68. The van der Waals surface area contributed by atoms with Crippen molar-refractivity contribution in [3.05, 3.63) is 29.1 Å². The van der Waals surface area contributed by atoms with E-state index >= 15 is 0 Å². The number of halogens is 3. The molecule has 0 aromatic carbocycles. The van der Waals surface area contributed by atoms with Crippen molar-refractivity contribution in [2.45, 2.75) is 19.6 Å². The number of nitrogens with zero attached hydrogens (tertiary/aromatic N) is 1. The van der Waals surface area contributed by atoms with Gasteiger partial charge in [-0.05, 0) is 18.6 Å². The number of hydrogen-bond donors (Lipinski definition) is 1. The van der Waals surface area contributed by atoms with E-state index in [2.05, 4.69) is 4.98 Å². The summed E-state index contributed by atoms with van der Waals surface area (Å²) >= 11 is 0. The third-order valence-electron chi connectivity index (χ3n) is 1.68. The van der Waals surface area contributed by atoms with Crippen LogP contribution in [0.2, 0.25) is 0 Å². The molecule has 0 unspecified atom stereocenters. The fourth-order valence-electron chi connectivity index (χ4n) is 0.975. The highest BCUT2D eigenvalue weighted by molar-refractivity contribution is 5.26. The number of pyridine rings is 1. The summed E-state index contributed by atoms with van der Waals surface area (Å²) in [5.74, 6) is 0. The van der Waals surface area contributed by atoms with Crippen LogP contribution in [0.4, 0.5) is 13.2 Å². The molecule has 0 spiro atoms. The van der Waals surface area contributed by atoms with Gasteiger partial charge in [-0.3, -0.25) is 4.98 Å². The van der Waals surface area contributed by atoms with Gasteiger partial charge < -0.3 is 5.73 Å². The molecule has 72 valence electrons. The van der Waals surface area contributed by atoms with E-state index in [1.54, 1.807) is 0 Å². The third-order valence-corrected chi connectivity index (χ3v) is 1.68. The standard InChI is InChI=1S/C8H9F3N2/c1-5-7(8(9,10)11)2-6(3-12)4-13-5/h2,4H,3,12H2,1H3. The van der Waals surface area contributed by atoms with Gasteiger partial charge in [-0.15, -0.1) is 0 Å². The van der Waals surface area contributed by atoms with Crippen LogP contribution in [0, 0.1) is 6.92 Å². The molecule has 2 nitrogen and oxygen atoms in total. The molecule has 13 heavy (non-hydrogen) atoms. The predicted molar refractivity (Wildman–Crippen MR) is 41.9 cm³/mol. The lowest BCUT2D eigenvalue weighted by Crippen LogP contribution is -2.10. The second-order valence-electron chi connectivity index (χ2n) is 2.68. The Morgan fingerprint density at radius 3 is 2.54 bits per heavy atom. The van der Waals surface area contributed by atoms with E-state index in [1.165, 1.54) is 13.1 Å². The van der Waals surface area contributed by atoms with E-state index in [-0.39, 0.29) is 12.2 Å². The first-order chi connectivity index (χ1) is 5.95. The van der Waals surface area contributed by atoms with E-state index in [9.17, 15) is 13.2 Å². The Bertz CT molecular complexity index is 307. The van der Waals surface area contributed by atoms with Gasteiger partial charge in [0, 0.05) is 18.4 Å². The quantitative estimate of drug-likeness (QED) is 0.734. The minimum atomic E-state index is -4.34. The molecule has 2 N–H and O–H groups in total. The van der Waals surface area contributed by atoms with E-state index in [0.717, 1.165) is 6.07 Å². The smallest absolute Gasteiger partial charge is 0.326 e. The molecule has 1 rings (SSSR count). The highest BCUT2D eigenvalue weighted by atomic mass is 19.4. The topological polar surface area (TPSA) is 38.9 Å². The largest absolute Gasteiger partial charge is 0.418 e. The summed E-state index contributed by atoms with van der Waals surface area (Å²) < 4.78 is 36.9. The first kappa shape index (κ1) is 9.98. The number of hydrogen-bond acceptors (Lipinski definition) is 2. The number of alkyl halides is 3. The Morgan fingerprint density at radius 1 is 1.46 bits per heavy atom. The Kier molecular flexibility index (Phi) is 2.56. The Balaban J connectivity index is 3.19. The van der Waals surface area contributed by atoms with Crippen LogP contribution in [-0.4, -0.2) is 4.98 Å². The molecule has 0 fully saturated rings. The monoisotopic (exact) mass is 190 g/mol. The van der Waals surface area contributed by atoms with Crippen LogP contribution in [0.3, 0.4) is 0 Å². The van der Waals surface area contributed by atoms with Crippen molar-refractivity contribution >= 4 is 0 Å². The average Bonchev–Trinajstić information content (AvgIpc) is 2.03. The van der Waals surface area contributed by atoms with Crippen LogP contribution in [0.25, 0.3) is 0 Å². The summed E-state index contributed by atoms with van der Waals surface area (Å²) in [6, 6.07) is 1.03. The number of nitrogens with two attached hydrogens (primary N) is 1. The van der Waals surface area contributed by atoms with Crippen molar-refractivity contribution in [3.63, 3.8) is 0 Å². The van der Waals surface area contributed by atoms with Crippen LogP contribution in [0.5, 0.6) is 0 Å². The molecule has 0 bridgehead atoms. The lowest BCUT2D eigenvalue weighted by molar-refractivity contribution is -0.138. The summed E-state index contributed by atoms with van der Waals surface area (Å²) in [6.45, 7) is 1.39. The molecule has 1 heterocycles. The second kappa shape index (κ2) is 3.33. The average molecular weight is 190 g/mol. The zero-order valence-corrected chi connectivity index (χ0v) is 7.02. The fourth-order valence-corrected chi connectivity index (χ4v) is 0.975. The highest BCUT2D eigenvalue weighted by Crippen LogP contribution is 2.31. The molecular weight excluding hydrogens is 181 g/mol. The zero-order valence-electron chi connectivity index (χ0n) is 7.02. The summed E-state index contributed by atoms with van der Waals surface area (Å²) in [6.07, 6.45) is -2.99.